The maximum absolute atomic E-state index is 10.4. The van der Waals surface area contributed by atoms with Crippen LogP contribution >= 0.6 is 0 Å². The van der Waals surface area contributed by atoms with E-state index in [1.54, 1.807) is 0 Å². The van der Waals surface area contributed by atoms with Crippen molar-refractivity contribution in [3.63, 3.8) is 0 Å². The number of hydrogen-bond acceptors (Lipinski definition) is 4. The number of aliphatic hydroxyl groups is 2. The first-order chi connectivity index (χ1) is 6.50. The van der Waals surface area contributed by atoms with Gasteiger partial charge in [-0.05, 0) is 19.8 Å². The zero-order valence-corrected chi connectivity index (χ0v) is 8.26. The summed E-state index contributed by atoms with van der Waals surface area (Å²) in [5.74, 6) is -1.21. The smallest absolute Gasteiger partial charge is 0.333 e. The summed E-state index contributed by atoms with van der Waals surface area (Å²) in [5, 5.41) is 27.1. The van der Waals surface area contributed by atoms with Gasteiger partial charge >= 0.3 is 5.97 Å². The Morgan fingerprint density at radius 1 is 1.57 bits per heavy atom. The lowest BCUT2D eigenvalue weighted by atomic mass is 10.0. The van der Waals surface area contributed by atoms with Crippen LogP contribution in [0.2, 0.25) is 0 Å². The van der Waals surface area contributed by atoms with Crippen LogP contribution in [0.25, 0.3) is 0 Å². The quantitative estimate of drug-likeness (QED) is 0.564. The van der Waals surface area contributed by atoms with E-state index in [9.17, 15) is 9.90 Å². The SMILES string of the molecule is CC1CCC(O)CN1CC(O)C(=O)O. The highest BCUT2D eigenvalue weighted by atomic mass is 16.4. The van der Waals surface area contributed by atoms with Gasteiger partial charge in [0.15, 0.2) is 6.10 Å². The molecule has 1 aliphatic rings. The summed E-state index contributed by atoms with van der Waals surface area (Å²) in [5.41, 5.74) is 0. The number of likely N-dealkylation sites (tertiary alicyclic amines) is 1. The number of aliphatic hydroxyl groups excluding tert-OH is 2. The van der Waals surface area contributed by atoms with E-state index in [2.05, 4.69) is 0 Å². The van der Waals surface area contributed by atoms with Gasteiger partial charge < -0.3 is 15.3 Å². The molecule has 0 amide bonds. The van der Waals surface area contributed by atoms with Gasteiger partial charge in [-0.1, -0.05) is 0 Å². The normalized spacial score (nSPS) is 31.4. The highest BCUT2D eigenvalue weighted by molar-refractivity contribution is 5.72. The first-order valence-electron chi connectivity index (χ1n) is 4.83. The Kier molecular flexibility index (Phi) is 3.86. The standard InChI is InChI=1S/C9H17NO4/c1-6-2-3-7(11)4-10(6)5-8(12)9(13)14/h6-8,11-12H,2-5H2,1H3,(H,13,14). The molecule has 5 heteroatoms. The Labute approximate surface area is 83.0 Å². The number of nitrogens with zero attached hydrogens (tertiary/aromatic N) is 1. The van der Waals surface area contributed by atoms with E-state index in [1.807, 2.05) is 11.8 Å². The van der Waals surface area contributed by atoms with Gasteiger partial charge in [0.1, 0.15) is 0 Å². The molecule has 3 atom stereocenters. The lowest BCUT2D eigenvalue weighted by Gasteiger charge is -2.36. The molecule has 0 spiro atoms. The summed E-state index contributed by atoms with van der Waals surface area (Å²) in [6.07, 6.45) is -0.163. The molecule has 1 heterocycles. The molecule has 0 bridgehead atoms. The molecule has 0 aromatic heterocycles. The summed E-state index contributed by atoms with van der Waals surface area (Å²) in [6, 6.07) is 0.229. The van der Waals surface area contributed by atoms with Crippen molar-refractivity contribution in [2.75, 3.05) is 13.1 Å². The molecule has 0 aromatic rings. The van der Waals surface area contributed by atoms with Gasteiger partial charge in [0, 0.05) is 19.1 Å². The number of piperidine rings is 1. The summed E-state index contributed by atoms with van der Waals surface area (Å²) in [4.78, 5) is 12.2. The molecular weight excluding hydrogens is 186 g/mol. The highest BCUT2D eigenvalue weighted by Crippen LogP contribution is 2.16. The van der Waals surface area contributed by atoms with Crippen LogP contribution in [0.1, 0.15) is 19.8 Å². The monoisotopic (exact) mass is 203 g/mol. The second-order valence-corrected chi connectivity index (χ2v) is 3.89. The van der Waals surface area contributed by atoms with E-state index >= 15 is 0 Å². The van der Waals surface area contributed by atoms with Gasteiger partial charge in [0.05, 0.1) is 6.10 Å². The van der Waals surface area contributed by atoms with Gasteiger partial charge in [-0.2, -0.15) is 0 Å². The van der Waals surface area contributed by atoms with Crippen molar-refractivity contribution in [2.24, 2.45) is 0 Å². The minimum absolute atomic E-state index is 0.0908. The molecule has 0 aromatic carbocycles. The summed E-state index contributed by atoms with van der Waals surface area (Å²) < 4.78 is 0. The maximum Gasteiger partial charge on any atom is 0.333 e. The van der Waals surface area contributed by atoms with Crippen molar-refractivity contribution in [1.29, 1.82) is 0 Å². The van der Waals surface area contributed by atoms with Crippen molar-refractivity contribution in [3.05, 3.63) is 0 Å². The first-order valence-corrected chi connectivity index (χ1v) is 4.83. The molecule has 0 aliphatic carbocycles. The lowest BCUT2D eigenvalue weighted by Crippen LogP contribution is -2.48. The van der Waals surface area contributed by atoms with Gasteiger partial charge in [0.25, 0.3) is 0 Å². The summed E-state index contributed by atoms with van der Waals surface area (Å²) in [6.45, 7) is 2.51. The van der Waals surface area contributed by atoms with Crippen LogP contribution < -0.4 is 0 Å². The molecule has 3 unspecified atom stereocenters. The molecule has 1 rings (SSSR count). The predicted octanol–water partition coefficient (Wildman–Crippen LogP) is -0.723. The second kappa shape index (κ2) is 4.72. The largest absolute Gasteiger partial charge is 0.479 e. The second-order valence-electron chi connectivity index (χ2n) is 3.89. The molecule has 82 valence electrons. The number of aliphatic carboxylic acids is 1. The molecular formula is C9H17NO4. The Bertz CT molecular complexity index is 209. The average molecular weight is 203 g/mol. The van der Waals surface area contributed by atoms with Crippen molar-refractivity contribution in [1.82, 2.24) is 4.90 Å². The number of rotatable bonds is 3. The number of carboxylic acids is 1. The molecule has 1 fully saturated rings. The highest BCUT2D eigenvalue weighted by Gasteiger charge is 2.27. The third-order valence-corrected chi connectivity index (χ3v) is 2.68. The van der Waals surface area contributed by atoms with Crippen molar-refractivity contribution in [2.45, 2.75) is 38.0 Å². The van der Waals surface area contributed by atoms with E-state index in [0.29, 0.717) is 6.54 Å². The number of hydrogen-bond donors (Lipinski definition) is 3. The Morgan fingerprint density at radius 2 is 2.21 bits per heavy atom. The Hall–Kier alpha value is -0.650. The van der Waals surface area contributed by atoms with Crippen molar-refractivity contribution < 1.29 is 20.1 Å². The van der Waals surface area contributed by atoms with Gasteiger partial charge in [-0.25, -0.2) is 4.79 Å². The van der Waals surface area contributed by atoms with Crippen LogP contribution in [0, 0.1) is 0 Å². The average Bonchev–Trinajstić information content (AvgIpc) is 2.11. The summed E-state index contributed by atoms with van der Waals surface area (Å²) >= 11 is 0. The van der Waals surface area contributed by atoms with E-state index in [-0.39, 0.29) is 12.6 Å². The van der Waals surface area contributed by atoms with Crippen LogP contribution in [0.15, 0.2) is 0 Å². The van der Waals surface area contributed by atoms with Gasteiger partial charge in [-0.15, -0.1) is 0 Å². The maximum atomic E-state index is 10.4. The van der Waals surface area contributed by atoms with Gasteiger partial charge in [-0.3, -0.25) is 4.90 Å². The number of carbonyl (C=O) groups is 1. The van der Waals surface area contributed by atoms with E-state index in [1.165, 1.54) is 0 Å². The molecule has 0 saturated carbocycles. The minimum atomic E-state index is -1.36. The van der Waals surface area contributed by atoms with E-state index < -0.39 is 18.2 Å². The van der Waals surface area contributed by atoms with Crippen molar-refractivity contribution in [3.8, 4) is 0 Å². The fourth-order valence-corrected chi connectivity index (χ4v) is 1.71. The van der Waals surface area contributed by atoms with E-state index in [0.717, 1.165) is 12.8 Å². The molecule has 3 N–H and O–H groups in total. The van der Waals surface area contributed by atoms with Crippen LogP contribution in [-0.2, 0) is 4.79 Å². The Morgan fingerprint density at radius 3 is 2.79 bits per heavy atom. The molecule has 14 heavy (non-hydrogen) atoms. The number of β-amino-alcohol motifs (C(OH)–C–C–N with tert-alkyl or cyclic N) is 2. The molecule has 0 radical (unpaired) electrons. The van der Waals surface area contributed by atoms with Crippen molar-refractivity contribution >= 4 is 5.97 Å². The third-order valence-electron chi connectivity index (χ3n) is 2.68. The van der Waals surface area contributed by atoms with Crippen LogP contribution in [0.5, 0.6) is 0 Å². The molecule has 1 aliphatic heterocycles. The minimum Gasteiger partial charge on any atom is -0.479 e. The molecule has 5 nitrogen and oxygen atoms in total. The first kappa shape index (κ1) is 11.4. The fraction of sp³-hybridized carbons (Fsp3) is 0.889. The topological polar surface area (TPSA) is 81.0 Å². The predicted molar refractivity (Wildman–Crippen MR) is 49.9 cm³/mol. The van der Waals surface area contributed by atoms with Gasteiger partial charge in [0.2, 0.25) is 0 Å². The Balaban J connectivity index is 2.45. The summed E-state index contributed by atoms with van der Waals surface area (Å²) in [7, 11) is 0. The van der Waals surface area contributed by atoms with Crippen LogP contribution in [0.4, 0.5) is 0 Å². The zero-order chi connectivity index (χ0) is 10.7. The lowest BCUT2D eigenvalue weighted by molar-refractivity contribution is -0.148. The van der Waals surface area contributed by atoms with E-state index in [4.69, 9.17) is 10.2 Å². The molecule has 1 saturated heterocycles. The van der Waals surface area contributed by atoms with Crippen LogP contribution in [0.3, 0.4) is 0 Å². The van der Waals surface area contributed by atoms with Crippen LogP contribution in [-0.4, -0.2) is 57.5 Å². The zero-order valence-electron chi connectivity index (χ0n) is 8.26. The number of carboxylic acid groups (broad SMARTS) is 1. The third kappa shape index (κ3) is 2.94. The fourth-order valence-electron chi connectivity index (χ4n) is 1.71.